The number of hydrazone groups is 1. The molecule has 2 heteroatoms. The number of rotatable bonds is 3. The summed E-state index contributed by atoms with van der Waals surface area (Å²) >= 11 is 0. The zero-order valence-electron chi connectivity index (χ0n) is 9.99. The van der Waals surface area contributed by atoms with E-state index in [2.05, 4.69) is 10.5 Å². The average molecular weight is 204 g/mol. The molecule has 0 saturated carbocycles. The fourth-order valence-corrected chi connectivity index (χ4v) is 0.864. The van der Waals surface area contributed by atoms with E-state index in [1.165, 1.54) is 5.56 Å². The first kappa shape index (κ1) is 13.4. The Morgan fingerprint density at radius 2 is 1.73 bits per heavy atom. The predicted octanol–water partition coefficient (Wildman–Crippen LogP) is 3.67. The van der Waals surface area contributed by atoms with Gasteiger partial charge in [0.25, 0.3) is 0 Å². The minimum absolute atomic E-state index is 1.01. The van der Waals surface area contributed by atoms with Gasteiger partial charge in [0.1, 0.15) is 0 Å². The van der Waals surface area contributed by atoms with Gasteiger partial charge >= 0.3 is 0 Å². The maximum absolute atomic E-state index is 4.02. The molecule has 0 aliphatic carbocycles. The van der Waals surface area contributed by atoms with Crippen molar-refractivity contribution in [1.82, 2.24) is 5.43 Å². The maximum atomic E-state index is 4.02. The van der Waals surface area contributed by atoms with E-state index in [1.54, 1.807) is 0 Å². The Bertz CT molecular complexity index is 296. The first-order valence-corrected chi connectivity index (χ1v) is 5.27. The van der Waals surface area contributed by atoms with Crippen molar-refractivity contribution in [3.05, 3.63) is 42.1 Å². The van der Waals surface area contributed by atoms with Crippen LogP contribution in [-0.4, -0.2) is 5.71 Å². The van der Waals surface area contributed by atoms with Crippen LogP contribution in [0, 0.1) is 0 Å². The summed E-state index contributed by atoms with van der Waals surface area (Å²) in [6.45, 7) is 7.90. The summed E-state index contributed by atoms with van der Waals surface area (Å²) in [6.07, 6.45) is 3.80. The fraction of sp³-hybridized carbons (Fsp3) is 0.308. The van der Waals surface area contributed by atoms with E-state index in [9.17, 15) is 0 Å². The Balaban J connectivity index is 0.000000921. The van der Waals surface area contributed by atoms with Crippen LogP contribution in [0.2, 0.25) is 0 Å². The third-order valence-electron chi connectivity index (χ3n) is 1.44. The number of nitrogens with zero attached hydrogens (tertiary/aromatic N) is 1. The second-order valence-corrected chi connectivity index (χ2v) is 2.93. The molecular formula is C13H20N2. The van der Waals surface area contributed by atoms with Gasteiger partial charge in [-0.1, -0.05) is 44.2 Å². The monoisotopic (exact) mass is 204 g/mol. The van der Waals surface area contributed by atoms with Crippen molar-refractivity contribution in [1.29, 1.82) is 0 Å². The lowest BCUT2D eigenvalue weighted by atomic mass is 10.2. The van der Waals surface area contributed by atoms with Crippen molar-refractivity contribution < 1.29 is 0 Å². The van der Waals surface area contributed by atoms with Crippen LogP contribution in [0.5, 0.6) is 0 Å². The van der Waals surface area contributed by atoms with E-state index in [0.29, 0.717) is 0 Å². The third kappa shape index (κ3) is 7.50. The molecule has 15 heavy (non-hydrogen) atoms. The zero-order chi connectivity index (χ0) is 11.5. The number of benzene rings is 1. The summed E-state index contributed by atoms with van der Waals surface area (Å²) in [4.78, 5) is 0. The number of hydrogen-bond acceptors (Lipinski definition) is 2. The largest absolute Gasteiger partial charge is 0.286 e. The van der Waals surface area contributed by atoms with E-state index in [0.717, 1.165) is 5.71 Å². The van der Waals surface area contributed by atoms with Crippen molar-refractivity contribution in [3.63, 3.8) is 0 Å². The van der Waals surface area contributed by atoms with Crippen molar-refractivity contribution >= 4 is 11.8 Å². The first-order chi connectivity index (χ1) is 7.29. The Kier molecular flexibility index (Phi) is 8.06. The highest BCUT2D eigenvalue weighted by Crippen LogP contribution is 1.99. The lowest BCUT2D eigenvalue weighted by Crippen LogP contribution is -1.96. The summed E-state index contributed by atoms with van der Waals surface area (Å²) < 4.78 is 0. The van der Waals surface area contributed by atoms with Gasteiger partial charge in [0.15, 0.2) is 0 Å². The zero-order valence-corrected chi connectivity index (χ0v) is 9.99. The molecule has 0 bridgehead atoms. The van der Waals surface area contributed by atoms with E-state index < -0.39 is 0 Å². The van der Waals surface area contributed by atoms with E-state index in [4.69, 9.17) is 0 Å². The molecule has 0 saturated heterocycles. The van der Waals surface area contributed by atoms with Crippen LogP contribution in [0.25, 0.3) is 6.08 Å². The summed E-state index contributed by atoms with van der Waals surface area (Å²) in [5.41, 5.74) is 5.02. The molecular weight excluding hydrogens is 184 g/mol. The molecule has 0 fully saturated rings. The smallest absolute Gasteiger partial charge is 0.0320 e. The molecule has 1 aromatic carbocycles. The van der Waals surface area contributed by atoms with E-state index in [1.807, 2.05) is 70.3 Å². The molecule has 0 radical (unpaired) electrons. The molecule has 0 heterocycles. The minimum atomic E-state index is 1.01. The number of hydrogen-bond donors (Lipinski definition) is 1. The summed E-state index contributed by atoms with van der Waals surface area (Å²) in [7, 11) is 0. The normalized spacial score (nSPS) is 9.07. The minimum Gasteiger partial charge on any atom is -0.286 e. The second kappa shape index (κ2) is 9.00. The van der Waals surface area contributed by atoms with Crippen LogP contribution in [0.15, 0.2) is 41.6 Å². The van der Waals surface area contributed by atoms with Crippen LogP contribution in [0.1, 0.15) is 33.3 Å². The Morgan fingerprint density at radius 1 is 1.13 bits per heavy atom. The van der Waals surface area contributed by atoms with Gasteiger partial charge in [0.05, 0.1) is 0 Å². The van der Waals surface area contributed by atoms with Gasteiger partial charge in [-0.05, 0) is 25.5 Å². The Labute approximate surface area is 92.7 Å². The topological polar surface area (TPSA) is 24.4 Å². The van der Waals surface area contributed by atoms with Gasteiger partial charge in [0, 0.05) is 11.9 Å². The SMILES string of the molecule is CC.CC(C)=NN/C=C/c1ccccc1. The molecule has 0 spiro atoms. The van der Waals surface area contributed by atoms with Crippen molar-refractivity contribution in [2.24, 2.45) is 5.10 Å². The molecule has 2 nitrogen and oxygen atoms in total. The molecule has 0 aliphatic heterocycles. The molecule has 1 rings (SSSR count). The molecule has 0 amide bonds. The molecule has 0 aliphatic rings. The van der Waals surface area contributed by atoms with Gasteiger partial charge < -0.3 is 0 Å². The van der Waals surface area contributed by atoms with Gasteiger partial charge in [-0.15, -0.1) is 0 Å². The summed E-state index contributed by atoms with van der Waals surface area (Å²) in [5.74, 6) is 0. The molecule has 0 unspecified atom stereocenters. The van der Waals surface area contributed by atoms with Gasteiger partial charge in [-0.25, -0.2) is 0 Å². The van der Waals surface area contributed by atoms with Gasteiger partial charge in [-0.3, -0.25) is 5.43 Å². The molecule has 0 aromatic heterocycles. The highest BCUT2D eigenvalue weighted by atomic mass is 15.3. The summed E-state index contributed by atoms with van der Waals surface area (Å²) in [6, 6.07) is 10.1. The van der Waals surface area contributed by atoms with Gasteiger partial charge in [-0.2, -0.15) is 5.10 Å². The molecule has 1 N–H and O–H groups in total. The van der Waals surface area contributed by atoms with Crippen molar-refractivity contribution in [2.45, 2.75) is 27.7 Å². The Morgan fingerprint density at radius 3 is 2.27 bits per heavy atom. The van der Waals surface area contributed by atoms with Crippen LogP contribution in [-0.2, 0) is 0 Å². The second-order valence-electron chi connectivity index (χ2n) is 2.93. The van der Waals surface area contributed by atoms with Crippen molar-refractivity contribution in [2.75, 3.05) is 0 Å². The lowest BCUT2D eigenvalue weighted by molar-refractivity contribution is 0.968. The lowest BCUT2D eigenvalue weighted by Gasteiger charge is -1.92. The van der Waals surface area contributed by atoms with Gasteiger partial charge in [0.2, 0.25) is 0 Å². The third-order valence-corrected chi connectivity index (χ3v) is 1.44. The highest BCUT2D eigenvalue weighted by Gasteiger charge is 1.80. The van der Waals surface area contributed by atoms with Crippen LogP contribution in [0.4, 0.5) is 0 Å². The average Bonchev–Trinajstić information content (AvgIpc) is 2.28. The van der Waals surface area contributed by atoms with E-state index in [-0.39, 0.29) is 0 Å². The standard InChI is InChI=1S/C11H14N2.C2H6/c1-10(2)13-12-9-8-11-6-4-3-5-7-11;1-2/h3-9,12H,1-2H3;1-2H3/b9-8+;. The predicted molar refractivity (Wildman–Crippen MR) is 68.7 cm³/mol. The van der Waals surface area contributed by atoms with Crippen molar-refractivity contribution in [3.8, 4) is 0 Å². The van der Waals surface area contributed by atoms with E-state index >= 15 is 0 Å². The highest BCUT2D eigenvalue weighted by molar-refractivity contribution is 5.78. The fourth-order valence-electron chi connectivity index (χ4n) is 0.864. The maximum Gasteiger partial charge on any atom is 0.0320 e. The molecule has 82 valence electrons. The summed E-state index contributed by atoms with van der Waals surface area (Å²) in [5, 5.41) is 4.02. The number of nitrogens with one attached hydrogen (secondary N) is 1. The van der Waals surface area contributed by atoms with Crippen LogP contribution < -0.4 is 5.43 Å². The molecule has 0 atom stereocenters. The Hall–Kier alpha value is -1.57. The quantitative estimate of drug-likeness (QED) is 0.589. The first-order valence-electron chi connectivity index (χ1n) is 5.27. The van der Waals surface area contributed by atoms with Crippen LogP contribution >= 0.6 is 0 Å². The van der Waals surface area contributed by atoms with Crippen LogP contribution in [0.3, 0.4) is 0 Å². The molecule has 1 aromatic rings.